The van der Waals surface area contributed by atoms with Crippen molar-refractivity contribution in [2.45, 2.75) is 49.1 Å². The minimum absolute atomic E-state index is 0.355. The summed E-state index contributed by atoms with van der Waals surface area (Å²) < 4.78 is 2.23. The fourth-order valence-corrected chi connectivity index (χ4v) is 4.65. The number of aryl methyl sites for hydroxylation is 2. The number of halogens is 2. The molecule has 0 amide bonds. The first-order chi connectivity index (χ1) is 12.5. The van der Waals surface area contributed by atoms with Gasteiger partial charge in [0.25, 0.3) is 0 Å². The van der Waals surface area contributed by atoms with Crippen molar-refractivity contribution in [1.82, 2.24) is 14.5 Å². The molecule has 0 radical (unpaired) electrons. The number of hydrogen-bond donors (Lipinski definition) is 0. The van der Waals surface area contributed by atoms with Crippen LogP contribution in [-0.4, -0.2) is 14.5 Å². The molecule has 2 aromatic heterocycles. The molecular formula is C20H21Cl2N3S. The second-order valence-electron chi connectivity index (χ2n) is 6.45. The summed E-state index contributed by atoms with van der Waals surface area (Å²) >= 11 is 14.0. The maximum atomic E-state index is 6.16. The van der Waals surface area contributed by atoms with E-state index in [0.29, 0.717) is 16.0 Å². The van der Waals surface area contributed by atoms with Gasteiger partial charge in [-0.3, -0.25) is 4.98 Å². The van der Waals surface area contributed by atoms with E-state index in [2.05, 4.69) is 40.5 Å². The number of nitrogens with zero attached hydrogens (tertiary/aromatic N) is 3. The highest BCUT2D eigenvalue weighted by Crippen LogP contribution is 2.36. The van der Waals surface area contributed by atoms with Crippen molar-refractivity contribution in [3.63, 3.8) is 0 Å². The summed E-state index contributed by atoms with van der Waals surface area (Å²) in [6.07, 6.45) is 7.68. The Labute approximate surface area is 168 Å². The first-order valence-electron chi connectivity index (χ1n) is 8.61. The van der Waals surface area contributed by atoms with Gasteiger partial charge in [-0.2, -0.15) is 0 Å². The summed E-state index contributed by atoms with van der Waals surface area (Å²) in [5.41, 5.74) is 2.41. The third-order valence-electron chi connectivity index (χ3n) is 4.03. The molecule has 0 atom stereocenters. The van der Waals surface area contributed by atoms with Crippen LogP contribution in [0.3, 0.4) is 0 Å². The van der Waals surface area contributed by atoms with Gasteiger partial charge in [-0.05, 0) is 54.7 Å². The molecule has 3 aromatic rings. The number of benzene rings is 1. The van der Waals surface area contributed by atoms with Crippen LogP contribution in [0.25, 0.3) is 0 Å². The second kappa shape index (κ2) is 8.94. The lowest BCUT2D eigenvalue weighted by Gasteiger charge is -2.12. The Bertz CT molecular complexity index is 842. The summed E-state index contributed by atoms with van der Waals surface area (Å²) in [4.78, 5) is 9.75. The Kier molecular flexibility index (Phi) is 6.63. The fourth-order valence-electron chi connectivity index (χ4n) is 2.75. The average molecular weight is 406 g/mol. The maximum Gasteiger partial charge on any atom is 0.103 e. The van der Waals surface area contributed by atoms with Crippen LogP contribution in [0, 0.1) is 0 Å². The Balaban J connectivity index is 1.77. The molecule has 0 aliphatic heterocycles. The van der Waals surface area contributed by atoms with Crippen molar-refractivity contribution in [2.24, 2.45) is 0 Å². The molecular weight excluding hydrogens is 385 g/mol. The van der Waals surface area contributed by atoms with E-state index < -0.39 is 0 Å². The van der Waals surface area contributed by atoms with Crippen molar-refractivity contribution in [3.05, 3.63) is 70.4 Å². The first-order valence-corrected chi connectivity index (χ1v) is 10.2. The first kappa shape index (κ1) is 19.3. The van der Waals surface area contributed by atoms with Gasteiger partial charge in [0.1, 0.15) is 5.03 Å². The zero-order chi connectivity index (χ0) is 18.5. The minimum Gasteiger partial charge on any atom is -0.325 e. The van der Waals surface area contributed by atoms with Gasteiger partial charge in [0.05, 0.1) is 12.0 Å². The highest BCUT2D eigenvalue weighted by atomic mass is 35.5. The van der Waals surface area contributed by atoms with Crippen LogP contribution in [-0.2, 0) is 13.0 Å². The number of rotatable bonds is 7. The smallest absolute Gasteiger partial charge is 0.103 e. The van der Waals surface area contributed by atoms with Gasteiger partial charge in [-0.25, -0.2) is 4.98 Å². The van der Waals surface area contributed by atoms with Crippen LogP contribution >= 0.6 is 35.0 Å². The van der Waals surface area contributed by atoms with Crippen molar-refractivity contribution < 1.29 is 0 Å². The molecule has 0 aliphatic carbocycles. The largest absolute Gasteiger partial charge is 0.325 e. The maximum absolute atomic E-state index is 6.16. The van der Waals surface area contributed by atoms with Gasteiger partial charge in [-0.15, -0.1) is 0 Å². The molecule has 3 rings (SSSR count). The lowest BCUT2D eigenvalue weighted by molar-refractivity contribution is 0.598. The minimum atomic E-state index is 0.355. The topological polar surface area (TPSA) is 30.7 Å². The van der Waals surface area contributed by atoms with Gasteiger partial charge in [0, 0.05) is 33.9 Å². The molecule has 0 spiro atoms. The zero-order valence-corrected chi connectivity index (χ0v) is 17.2. The normalized spacial score (nSPS) is 11.3. The van der Waals surface area contributed by atoms with Gasteiger partial charge < -0.3 is 4.57 Å². The van der Waals surface area contributed by atoms with Crippen molar-refractivity contribution >= 4 is 35.0 Å². The Morgan fingerprint density at radius 2 is 1.77 bits per heavy atom. The van der Waals surface area contributed by atoms with Crippen LogP contribution in [0.4, 0.5) is 0 Å². The van der Waals surface area contributed by atoms with E-state index in [4.69, 9.17) is 23.2 Å². The lowest BCUT2D eigenvalue weighted by atomic mass is 10.1. The van der Waals surface area contributed by atoms with E-state index in [9.17, 15) is 0 Å². The van der Waals surface area contributed by atoms with E-state index in [-0.39, 0.29) is 0 Å². The lowest BCUT2D eigenvalue weighted by Crippen LogP contribution is -2.01. The molecule has 0 aliphatic rings. The van der Waals surface area contributed by atoms with Crippen molar-refractivity contribution in [2.75, 3.05) is 0 Å². The summed E-state index contributed by atoms with van der Waals surface area (Å²) in [6, 6.07) is 9.77. The molecule has 0 saturated carbocycles. The monoisotopic (exact) mass is 405 g/mol. The molecule has 136 valence electrons. The SMILES string of the molecule is CC(C)c1ncn(CCCc2ccncc2)c1Sc1cc(Cl)cc(Cl)c1. The molecule has 2 heterocycles. The van der Waals surface area contributed by atoms with Crippen LogP contribution in [0.2, 0.25) is 10.0 Å². The molecule has 0 unspecified atom stereocenters. The molecule has 0 bridgehead atoms. The predicted molar refractivity (Wildman–Crippen MR) is 109 cm³/mol. The number of pyridine rings is 1. The number of hydrogen-bond acceptors (Lipinski definition) is 3. The van der Waals surface area contributed by atoms with E-state index in [0.717, 1.165) is 35.0 Å². The molecule has 3 nitrogen and oxygen atoms in total. The standard InChI is InChI=1S/C20H21Cl2N3S/c1-14(2)19-20(26-18-11-16(21)10-17(22)12-18)25(13-24-19)9-3-4-15-5-7-23-8-6-15/h5-8,10-14H,3-4,9H2,1-2H3. The van der Waals surface area contributed by atoms with Gasteiger partial charge in [-0.1, -0.05) is 48.8 Å². The Morgan fingerprint density at radius 3 is 2.42 bits per heavy atom. The molecule has 0 N–H and O–H groups in total. The van der Waals surface area contributed by atoms with Crippen LogP contribution in [0.1, 0.15) is 37.4 Å². The highest BCUT2D eigenvalue weighted by molar-refractivity contribution is 7.99. The Hall–Kier alpha value is -1.49. The summed E-state index contributed by atoms with van der Waals surface area (Å²) in [7, 11) is 0. The third-order valence-corrected chi connectivity index (χ3v) is 5.57. The van der Waals surface area contributed by atoms with Crippen LogP contribution in [0.15, 0.2) is 59.0 Å². The van der Waals surface area contributed by atoms with E-state index in [1.54, 1.807) is 17.8 Å². The summed E-state index contributed by atoms with van der Waals surface area (Å²) in [5.74, 6) is 0.355. The molecule has 0 saturated heterocycles. The predicted octanol–water partition coefficient (Wildman–Crippen LogP) is 6.49. The van der Waals surface area contributed by atoms with Gasteiger partial charge >= 0.3 is 0 Å². The van der Waals surface area contributed by atoms with E-state index in [1.165, 1.54) is 5.56 Å². The van der Waals surface area contributed by atoms with Crippen molar-refractivity contribution in [1.29, 1.82) is 0 Å². The molecule has 1 aromatic carbocycles. The van der Waals surface area contributed by atoms with Crippen LogP contribution in [0.5, 0.6) is 0 Å². The van der Waals surface area contributed by atoms with Gasteiger partial charge in [0.2, 0.25) is 0 Å². The van der Waals surface area contributed by atoms with E-state index in [1.807, 2.05) is 30.9 Å². The summed E-state index contributed by atoms with van der Waals surface area (Å²) in [5, 5.41) is 2.46. The molecule has 0 fully saturated rings. The second-order valence-corrected chi connectivity index (χ2v) is 8.38. The van der Waals surface area contributed by atoms with Crippen molar-refractivity contribution in [3.8, 4) is 0 Å². The number of aromatic nitrogens is 3. The molecule has 26 heavy (non-hydrogen) atoms. The van der Waals surface area contributed by atoms with Gasteiger partial charge in [0.15, 0.2) is 0 Å². The third kappa shape index (κ3) is 5.03. The average Bonchev–Trinajstić information content (AvgIpc) is 2.98. The fraction of sp³-hybridized carbons (Fsp3) is 0.300. The highest BCUT2D eigenvalue weighted by Gasteiger charge is 2.16. The Morgan fingerprint density at radius 1 is 1.08 bits per heavy atom. The van der Waals surface area contributed by atoms with E-state index >= 15 is 0 Å². The quantitative estimate of drug-likeness (QED) is 0.449. The van der Waals surface area contributed by atoms with Crippen LogP contribution < -0.4 is 0 Å². The number of imidazole rings is 1. The summed E-state index contributed by atoms with van der Waals surface area (Å²) in [6.45, 7) is 5.25. The molecule has 6 heteroatoms. The zero-order valence-electron chi connectivity index (χ0n) is 14.8.